The van der Waals surface area contributed by atoms with Gasteiger partial charge in [-0.2, -0.15) is 0 Å². The molecule has 2 aromatic rings. The molecule has 3 rings (SSSR count). The summed E-state index contributed by atoms with van der Waals surface area (Å²) in [4.78, 5) is 17.7. The Bertz CT molecular complexity index is 615. The number of amides is 1. The summed E-state index contributed by atoms with van der Waals surface area (Å²) in [5.74, 6) is 0.0216. The standard InChI is InChI=1S/C14H17N5OS/c1-10(20)16-11-5-4-8-19(9-11)14-18-17-13(21-14)12-6-2-3-7-15-12/h2-3,6-7,11H,4-5,8-9H2,1H3,(H,16,20). The second kappa shape index (κ2) is 6.17. The smallest absolute Gasteiger partial charge is 0.217 e. The maximum Gasteiger partial charge on any atom is 0.217 e. The highest BCUT2D eigenvalue weighted by atomic mass is 32.1. The number of nitrogens with zero attached hydrogens (tertiary/aromatic N) is 4. The van der Waals surface area contributed by atoms with Crippen LogP contribution in [-0.4, -0.2) is 40.2 Å². The molecule has 7 heteroatoms. The molecule has 110 valence electrons. The fraction of sp³-hybridized carbons (Fsp3) is 0.429. The second-order valence-electron chi connectivity index (χ2n) is 5.09. The van der Waals surface area contributed by atoms with E-state index in [1.807, 2.05) is 18.2 Å². The van der Waals surface area contributed by atoms with Gasteiger partial charge in [0, 0.05) is 32.3 Å². The van der Waals surface area contributed by atoms with Crippen LogP contribution in [0.2, 0.25) is 0 Å². The van der Waals surface area contributed by atoms with Crippen molar-refractivity contribution in [2.75, 3.05) is 18.0 Å². The molecule has 0 bridgehead atoms. The van der Waals surface area contributed by atoms with Crippen LogP contribution in [0.5, 0.6) is 0 Å². The molecule has 1 saturated heterocycles. The number of hydrogen-bond donors (Lipinski definition) is 1. The van der Waals surface area contributed by atoms with Crippen molar-refractivity contribution in [3.05, 3.63) is 24.4 Å². The lowest BCUT2D eigenvalue weighted by Crippen LogP contribution is -2.47. The number of hydrogen-bond acceptors (Lipinski definition) is 6. The number of aromatic nitrogens is 3. The van der Waals surface area contributed by atoms with E-state index in [4.69, 9.17) is 0 Å². The molecule has 3 heterocycles. The van der Waals surface area contributed by atoms with E-state index in [1.165, 1.54) is 0 Å². The SMILES string of the molecule is CC(=O)NC1CCCN(c2nnc(-c3ccccn3)s2)C1. The van der Waals surface area contributed by atoms with Crippen LogP contribution >= 0.6 is 11.3 Å². The molecule has 1 aliphatic heterocycles. The summed E-state index contributed by atoms with van der Waals surface area (Å²) in [7, 11) is 0. The lowest BCUT2D eigenvalue weighted by molar-refractivity contribution is -0.119. The van der Waals surface area contributed by atoms with E-state index >= 15 is 0 Å². The Kier molecular flexibility index (Phi) is 4.10. The lowest BCUT2D eigenvalue weighted by atomic mass is 10.1. The van der Waals surface area contributed by atoms with Crippen LogP contribution in [0.15, 0.2) is 24.4 Å². The molecule has 1 aliphatic rings. The molecule has 0 radical (unpaired) electrons. The monoisotopic (exact) mass is 303 g/mol. The summed E-state index contributed by atoms with van der Waals surface area (Å²) >= 11 is 1.54. The molecule has 0 saturated carbocycles. The van der Waals surface area contributed by atoms with E-state index in [2.05, 4.69) is 25.4 Å². The predicted octanol–water partition coefficient (Wildman–Crippen LogP) is 1.71. The maximum atomic E-state index is 11.2. The van der Waals surface area contributed by atoms with Crippen molar-refractivity contribution in [2.24, 2.45) is 0 Å². The average molecular weight is 303 g/mol. The fourth-order valence-corrected chi connectivity index (χ4v) is 3.35. The fourth-order valence-electron chi connectivity index (χ4n) is 2.49. The van der Waals surface area contributed by atoms with Crippen molar-refractivity contribution < 1.29 is 4.79 Å². The normalized spacial score (nSPS) is 18.5. The molecule has 6 nitrogen and oxygen atoms in total. The topological polar surface area (TPSA) is 71.0 Å². The summed E-state index contributed by atoms with van der Waals surface area (Å²) in [6, 6.07) is 5.95. The third kappa shape index (κ3) is 3.36. The van der Waals surface area contributed by atoms with Gasteiger partial charge in [-0.3, -0.25) is 9.78 Å². The molecule has 1 fully saturated rings. The minimum absolute atomic E-state index is 0.0216. The number of piperidine rings is 1. The number of rotatable bonds is 3. The second-order valence-corrected chi connectivity index (χ2v) is 6.05. The van der Waals surface area contributed by atoms with E-state index in [0.717, 1.165) is 41.8 Å². The number of anilines is 1. The van der Waals surface area contributed by atoms with Gasteiger partial charge in [0.05, 0.1) is 0 Å². The Morgan fingerprint density at radius 1 is 1.43 bits per heavy atom. The van der Waals surface area contributed by atoms with E-state index < -0.39 is 0 Å². The van der Waals surface area contributed by atoms with Crippen molar-refractivity contribution in [1.82, 2.24) is 20.5 Å². The van der Waals surface area contributed by atoms with Gasteiger partial charge in [0.1, 0.15) is 5.69 Å². The summed E-state index contributed by atoms with van der Waals surface area (Å²) in [6.45, 7) is 3.30. The first-order valence-corrected chi connectivity index (χ1v) is 7.81. The van der Waals surface area contributed by atoms with E-state index in [0.29, 0.717) is 0 Å². The van der Waals surface area contributed by atoms with E-state index in [-0.39, 0.29) is 11.9 Å². The van der Waals surface area contributed by atoms with Crippen LogP contribution in [0.1, 0.15) is 19.8 Å². The predicted molar refractivity (Wildman–Crippen MR) is 82.2 cm³/mol. The van der Waals surface area contributed by atoms with E-state index in [9.17, 15) is 4.79 Å². The first kappa shape index (κ1) is 13.9. The van der Waals surface area contributed by atoms with Gasteiger partial charge < -0.3 is 10.2 Å². The highest BCUT2D eigenvalue weighted by Gasteiger charge is 2.23. The van der Waals surface area contributed by atoms with Crippen LogP contribution in [0.3, 0.4) is 0 Å². The number of pyridine rings is 1. The molecular formula is C14H17N5OS. The van der Waals surface area contributed by atoms with Crippen molar-refractivity contribution in [2.45, 2.75) is 25.8 Å². The maximum absolute atomic E-state index is 11.2. The Morgan fingerprint density at radius 2 is 2.33 bits per heavy atom. The van der Waals surface area contributed by atoms with Crippen molar-refractivity contribution in [3.63, 3.8) is 0 Å². The van der Waals surface area contributed by atoms with Crippen LogP contribution < -0.4 is 10.2 Å². The first-order valence-electron chi connectivity index (χ1n) is 6.99. The summed E-state index contributed by atoms with van der Waals surface area (Å²) in [5.41, 5.74) is 0.844. The third-order valence-electron chi connectivity index (χ3n) is 3.40. The Labute approximate surface area is 127 Å². The van der Waals surface area contributed by atoms with Crippen molar-refractivity contribution in [3.8, 4) is 10.7 Å². The van der Waals surface area contributed by atoms with Gasteiger partial charge >= 0.3 is 0 Å². The molecule has 0 spiro atoms. The van der Waals surface area contributed by atoms with Gasteiger partial charge in [-0.15, -0.1) is 10.2 Å². The quantitative estimate of drug-likeness (QED) is 0.934. The molecule has 1 N–H and O–H groups in total. The highest BCUT2D eigenvalue weighted by Crippen LogP contribution is 2.28. The number of carbonyl (C=O) groups excluding carboxylic acids is 1. The average Bonchev–Trinajstić information content (AvgIpc) is 2.98. The molecule has 21 heavy (non-hydrogen) atoms. The van der Waals surface area contributed by atoms with Crippen LogP contribution in [0.4, 0.5) is 5.13 Å². The van der Waals surface area contributed by atoms with E-state index in [1.54, 1.807) is 24.5 Å². The molecule has 1 atom stereocenters. The van der Waals surface area contributed by atoms with Crippen molar-refractivity contribution in [1.29, 1.82) is 0 Å². The molecule has 2 aromatic heterocycles. The van der Waals surface area contributed by atoms with Gasteiger partial charge in [-0.25, -0.2) is 0 Å². The van der Waals surface area contributed by atoms with Gasteiger partial charge in [-0.1, -0.05) is 17.4 Å². The van der Waals surface area contributed by atoms with Gasteiger partial charge in [0.2, 0.25) is 11.0 Å². The van der Waals surface area contributed by atoms with Gasteiger partial charge in [-0.05, 0) is 25.0 Å². The Morgan fingerprint density at radius 3 is 3.10 bits per heavy atom. The summed E-state index contributed by atoms with van der Waals surface area (Å²) in [5, 5.41) is 13.2. The zero-order valence-corrected chi connectivity index (χ0v) is 12.6. The third-order valence-corrected chi connectivity index (χ3v) is 4.40. The Hall–Kier alpha value is -2.02. The largest absolute Gasteiger partial charge is 0.352 e. The molecule has 0 aromatic carbocycles. The molecule has 1 amide bonds. The molecule has 1 unspecified atom stereocenters. The minimum atomic E-state index is 0.0216. The number of nitrogens with one attached hydrogen (secondary N) is 1. The highest BCUT2D eigenvalue weighted by molar-refractivity contribution is 7.18. The zero-order valence-electron chi connectivity index (χ0n) is 11.8. The summed E-state index contributed by atoms with van der Waals surface area (Å²) in [6.07, 6.45) is 3.82. The number of carbonyl (C=O) groups is 1. The van der Waals surface area contributed by atoms with Crippen LogP contribution in [0.25, 0.3) is 10.7 Å². The zero-order chi connectivity index (χ0) is 14.7. The molecule has 0 aliphatic carbocycles. The Balaban J connectivity index is 1.72. The van der Waals surface area contributed by atoms with Crippen LogP contribution in [0, 0.1) is 0 Å². The molecular weight excluding hydrogens is 286 g/mol. The van der Waals surface area contributed by atoms with Crippen molar-refractivity contribution >= 4 is 22.4 Å². The summed E-state index contributed by atoms with van der Waals surface area (Å²) < 4.78 is 0. The van der Waals surface area contributed by atoms with Gasteiger partial charge in [0.15, 0.2) is 5.01 Å². The van der Waals surface area contributed by atoms with Gasteiger partial charge in [0.25, 0.3) is 0 Å². The lowest BCUT2D eigenvalue weighted by Gasteiger charge is -2.32. The first-order chi connectivity index (χ1) is 10.2. The van der Waals surface area contributed by atoms with Crippen LogP contribution in [-0.2, 0) is 4.79 Å². The minimum Gasteiger partial charge on any atom is -0.352 e.